The molecule has 1 heteroatoms. The molecule has 3 aliphatic carbocycles. The summed E-state index contributed by atoms with van der Waals surface area (Å²) in [7, 11) is 0. The average molecular weight is 245 g/mol. The second-order valence-corrected chi connectivity index (χ2v) is 6.42. The van der Waals surface area contributed by atoms with Crippen LogP contribution in [0.4, 0.5) is 0 Å². The zero-order valence-corrected chi connectivity index (χ0v) is 10.8. The topological polar surface area (TPSA) is 0 Å². The standard InChI is InChI=1S/C16H17Cl/c17-14-6-4-12-2-1-7-16(15(12)9-14)10-11-3-5-13(16)8-11/h3-4,6,9,13H,1-2,5,7-8,10H2. The molecule has 1 saturated carbocycles. The molecule has 0 aromatic heterocycles. The van der Waals surface area contributed by atoms with Crippen molar-refractivity contribution in [1.82, 2.24) is 0 Å². The Morgan fingerprint density at radius 1 is 1.29 bits per heavy atom. The van der Waals surface area contributed by atoms with Crippen LogP contribution in [-0.2, 0) is 11.8 Å². The van der Waals surface area contributed by atoms with Gasteiger partial charge < -0.3 is 0 Å². The molecule has 88 valence electrons. The summed E-state index contributed by atoms with van der Waals surface area (Å²) in [6, 6.07) is 6.59. The Balaban J connectivity index is 1.90. The third-order valence-corrected chi connectivity index (χ3v) is 5.44. The zero-order chi connectivity index (χ0) is 11.5. The van der Waals surface area contributed by atoms with Crippen molar-refractivity contribution in [3.63, 3.8) is 0 Å². The number of fused-ring (bicyclic) bond motifs is 5. The van der Waals surface area contributed by atoms with Crippen molar-refractivity contribution in [2.24, 2.45) is 5.92 Å². The summed E-state index contributed by atoms with van der Waals surface area (Å²) in [5.74, 6) is 0.870. The number of hydrogen-bond acceptors (Lipinski definition) is 0. The molecule has 1 aromatic carbocycles. The van der Waals surface area contributed by atoms with Gasteiger partial charge in [0.25, 0.3) is 0 Å². The maximum Gasteiger partial charge on any atom is 0.0409 e. The van der Waals surface area contributed by atoms with Crippen molar-refractivity contribution in [3.8, 4) is 0 Å². The van der Waals surface area contributed by atoms with Crippen LogP contribution in [0.25, 0.3) is 0 Å². The van der Waals surface area contributed by atoms with E-state index in [1.165, 1.54) is 38.5 Å². The summed E-state index contributed by atoms with van der Waals surface area (Å²) in [6.45, 7) is 0. The van der Waals surface area contributed by atoms with E-state index in [-0.39, 0.29) is 0 Å². The highest BCUT2D eigenvalue weighted by atomic mass is 35.5. The van der Waals surface area contributed by atoms with Gasteiger partial charge in [0, 0.05) is 10.4 Å². The Hall–Kier alpha value is -0.750. The molecule has 1 fully saturated rings. The van der Waals surface area contributed by atoms with Crippen LogP contribution < -0.4 is 0 Å². The van der Waals surface area contributed by atoms with E-state index in [0.29, 0.717) is 5.41 Å². The molecular formula is C16H17Cl. The number of halogens is 1. The van der Waals surface area contributed by atoms with Crippen molar-refractivity contribution in [2.45, 2.75) is 43.9 Å². The van der Waals surface area contributed by atoms with Gasteiger partial charge in [0.15, 0.2) is 0 Å². The minimum Gasteiger partial charge on any atom is -0.0850 e. The molecule has 0 radical (unpaired) electrons. The molecular weight excluding hydrogens is 228 g/mol. The van der Waals surface area contributed by atoms with Crippen LogP contribution in [0.15, 0.2) is 29.8 Å². The van der Waals surface area contributed by atoms with Gasteiger partial charge in [-0.05, 0) is 67.7 Å². The van der Waals surface area contributed by atoms with E-state index in [4.69, 9.17) is 11.6 Å². The van der Waals surface area contributed by atoms with Crippen molar-refractivity contribution < 1.29 is 0 Å². The lowest BCUT2D eigenvalue weighted by atomic mass is 9.62. The van der Waals surface area contributed by atoms with E-state index in [1.807, 2.05) is 0 Å². The molecule has 0 heterocycles. The van der Waals surface area contributed by atoms with Gasteiger partial charge in [0.1, 0.15) is 0 Å². The molecule has 0 N–H and O–H groups in total. The highest BCUT2D eigenvalue weighted by molar-refractivity contribution is 6.30. The molecule has 0 nitrogen and oxygen atoms in total. The summed E-state index contributed by atoms with van der Waals surface area (Å²) >= 11 is 6.23. The van der Waals surface area contributed by atoms with Gasteiger partial charge in [-0.3, -0.25) is 0 Å². The fraction of sp³-hybridized carbons (Fsp3) is 0.500. The maximum atomic E-state index is 6.23. The molecule has 0 aliphatic heterocycles. The zero-order valence-electron chi connectivity index (χ0n) is 10.0. The first-order chi connectivity index (χ1) is 8.28. The smallest absolute Gasteiger partial charge is 0.0409 e. The third-order valence-electron chi connectivity index (χ3n) is 5.20. The summed E-state index contributed by atoms with van der Waals surface area (Å²) in [5, 5.41) is 0.918. The summed E-state index contributed by atoms with van der Waals surface area (Å²) in [6.07, 6.45) is 10.4. The minimum atomic E-state index is 0.461. The lowest BCUT2D eigenvalue weighted by Crippen LogP contribution is -2.35. The second kappa shape index (κ2) is 3.38. The fourth-order valence-corrected chi connectivity index (χ4v) is 4.65. The van der Waals surface area contributed by atoms with Gasteiger partial charge in [-0.25, -0.2) is 0 Å². The van der Waals surface area contributed by atoms with Crippen LogP contribution in [-0.4, -0.2) is 0 Å². The quantitative estimate of drug-likeness (QED) is 0.583. The average Bonchev–Trinajstić information content (AvgIpc) is 2.91. The fourth-order valence-electron chi connectivity index (χ4n) is 4.47. The Morgan fingerprint density at radius 2 is 2.24 bits per heavy atom. The van der Waals surface area contributed by atoms with Crippen LogP contribution in [0.2, 0.25) is 5.02 Å². The number of aryl methyl sites for hydroxylation is 1. The predicted octanol–water partition coefficient (Wildman–Crippen LogP) is 4.65. The molecule has 2 atom stereocenters. The number of benzene rings is 1. The molecule has 4 rings (SSSR count). The van der Waals surface area contributed by atoms with E-state index >= 15 is 0 Å². The minimum absolute atomic E-state index is 0.461. The Labute approximate surface area is 108 Å². The molecule has 2 bridgehead atoms. The lowest BCUT2D eigenvalue weighted by molar-refractivity contribution is 0.270. The maximum absolute atomic E-state index is 6.23. The Morgan fingerprint density at radius 3 is 3.00 bits per heavy atom. The van der Waals surface area contributed by atoms with Crippen LogP contribution in [0.1, 0.15) is 43.2 Å². The van der Waals surface area contributed by atoms with E-state index in [9.17, 15) is 0 Å². The summed E-state index contributed by atoms with van der Waals surface area (Å²) in [4.78, 5) is 0. The lowest BCUT2D eigenvalue weighted by Gasteiger charge is -2.41. The molecule has 0 amide bonds. The summed E-state index contributed by atoms with van der Waals surface area (Å²) < 4.78 is 0. The van der Waals surface area contributed by atoms with Crippen LogP contribution in [0, 0.1) is 5.92 Å². The van der Waals surface area contributed by atoms with Gasteiger partial charge in [-0.15, -0.1) is 0 Å². The van der Waals surface area contributed by atoms with E-state index in [2.05, 4.69) is 24.3 Å². The van der Waals surface area contributed by atoms with E-state index < -0.39 is 0 Å². The van der Waals surface area contributed by atoms with Crippen LogP contribution >= 0.6 is 11.6 Å². The van der Waals surface area contributed by atoms with Crippen molar-refractivity contribution in [2.75, 3.05) is 0 Å². The molecule has 17 heavy (non-hydrogen) atoms. The van der Waals surface area contributed by atoms with E-state index in [1.54, 1.807) is 16.7 Å². The van der Waals surface area contributed by atoms with Crippen molar-refractivity contribution in [1.29, 1.82) is 0 Å². The van der Waals surface area contributed by atoms with Crippen molar-refractivity contribution >= 4 is 11.6 Å². The molecule has 1 spiro atoms. The predicted molar refractivity (Wildman–Crippen MR) is 71.5 cm³/mol. The first-order valence-electron chi connectivity index (χ1n) is 6.75. The van der Waals surface area contributed by atoms with E-state index in [0.717, 1.165) is 10.9 Å². The largest absolute Gasteiger partial charge is 0.0850 e. The second-order valence-electron chi connectivity index (χ2n) is 5.99. The SMILES string of the molecule is Clc1ccc2c(c1)C1(CCC2)CC2=CCC1C2. The first kappa shape index (κ1) is 10.2. The van der Waals surface area contributed by atoms with Gasteiger partial charge in [-0.2, -0.15) is 0 Å². The highest BCUT2D eigenvalue weighted by Gasteiger charge is 2.49. The molecule has 2 unspecified atom stereocenters. The van der Waals surface area contributed by atoms with Crippen LogP contribution in [0.5, 0.6) is 0 Å². The van der Waals surface area contributed by atoms with Gasteiger partial charge >= 0.3 is 0 Å². The monoisotopic (exact) mass is 244 g/mol. The van der Waals surface area contributed by atoms with Gasteiger partial charge in [0.2, 0.25) is 0 Å². The van der Waals surface area contributed by atoms with Gasteiger partial charge in [-0.1, -0.05) is 29.3 Å². The third kappa shape index (κ3) is 1.31. The van der Waals surface area contributed by atoms with Crippen molar-refractivity contribution in [3.05, 3.63) is 46.0 Å². The Bertz CT molecular complexity index is 514. The number of allylic oxidation sites excluding steroid dienone is 2. The molecule has 3 aliphatic rings. The van der Waals surface area contributed by atoms with Gasteiger partial charge in [0.05, 0.1) is 0 Å². The Kier molecular flexibility index (Phi) is 2.03. The molecule has 1 aromatic rings. The number of hydrogen-bond donors (Lipinski definition) is 0. The van der Waals surface area contributed by atoms with Crippen LogP contribution in [0.3, 0.4) is 0 Å². The number of rotatable bonds is 0. The normalized spacial score (nSPS) is 33.9. The molecule has 0 saturated heterocycles. The summed E-state index contributed by atoms with van der Waals surface area (Å²) in [5.41, 5.74) is 5.32. The first-order valence-corrected chi connectivity index (χ1v) is 7.12. The highest BCUT2D eigenvalue weighted by Crippen LogP contribution is 2.58.